The molecule has 0 unspecified atom stereocenters. The normalized spacial score (nSPS) is 17.6. The summed E-state index contributed by atoms with van der Waals surface area (Å²) in [5, 5.41) is 3.59. The van der Waals surface area contributed by atoms with Crippen molar-refractivity contribution in [3.05, 3.63) is 81.4 Å². The fourth-order valence-electron chi connectivity index (χ4n) is 5.51. The first kappa shape index (κ1) is 25.3. The zero-order chi connectivity index (χ0) is 27.1. The highest BCUT2D eigenvalue weighted by Gasteiger charge is 2.26. The van der Waals surface area contributed by atoms with Crippen LogP contribution in [0.2, 0.25) is 5.02 Å². The Bertz CT molecular complexity index is 1750. The second-order valence-corrected chi connectivity index (χ2v) is 10.6. The second-order valence-electron chi connectivity index (χ2n) is 10.2. The van der Waals surface area contributed by atoms with E-state index in [0.717, 1.165) is 36.7 Å². The van der Waals surface area contributed by atoms with Crippen molar-refractivity contribution in [1.29, 1.82) is 0 Å². The van der Waals surface area contributed by atoms with Gasteiger partial charge in [0.2, 0.25) is 0 Å². The van der Waals surface area contributed by atoms with Crippen LogP contribution in [0, 0.1) is 12.8 Å². The van der Waals surface area contributed by atoms with E-state index in [0.29, 0.717) is 58.0 Å². The maximum Gasteiger partial charge on any atom is 0.333 e. The molecule has 39 heavy (non-hydrogen) atoms. The Kier molecular flexibility index (Phi) is 6.68. The van der Waals surface area contributed by atoms with Crippen LogP contribution in [-0.2, 0) is 13.0 Å². The number of carbonyl (C=O) groups excluding carboxylic acids is 1. The van der Waals surface area contributed by atoms with E-state index in [-0.39, 0.29) is 17.6 Å². The predicted molar refractivity (Wildman–Crippen MR) is 149 cm³/mol. The van der Waals surface area contributed by atoms with E-state index in [1.54, 1.807) is 30.0 Å². The second kappa shape index (κ2) is 10.3. The number of rotatable bonds is 6. The minimum atomic E-state index is -0.145. The molecule has 1 fully saturated rings. The Morgan fingerprint density at radius 2 is 1.87 bits per heavy atom. The molecule has 4 heterocycles. The standard InChI is InChI=1S/C29H29ClN6O3/c1-3-26-34-27-25(39-26)13-21(15-32-27)36-24-7-5-4-6-23(24)35(29(36)38)16-18-8-10-20(11-9-18)33-28(37)22-12-19(30)14-31-17(22)2/h4-7,12-15,18,20H,3,8-11,16H2,1-2H3,(H,33,37). The number of aromatic nitrogens is 5. The van der Waals surface area contributed by atoms with Gasteiger partial charge < -0.3 is 9.73 Å². The van der Waals surface area contributed by atoms with Crippen LogP contribution in [-0.4, -0.2) is 36.0 Å². The van der Waals surface area contributed by atoms with Gasteiger partial charge in [-0.1, -0.05) is 30.7 Å². The van der Waals surface area contributed by atoms with Crippen molar-refractivity contribution in [3.63, 3.8) is 0 Å². The Balaban J connectivity index is 1.21. The highest BCUT2D eigenvalue weighted by molar-refractivity contribution is 6.30. The highest BCUT2D eigenvalue weighted by Crippen LogP contribution is 2.28. The van der Waals surface area contributed by atoms with E-state index >= 15 is 0 Å². The number of nitrogens with one attached hydrogen (secondary N) is 1. The summed E-state index contributed by atoms with van der Waals surface area (Å²) in [7, 11) is 0. The quantitative estimate of drug-likeness (QED) is 0.313. The minimum Gasteiger partial charge on any atom is -0.439 e. The summed E-state index contributed by atoms with van der Waals surface area (Å²) in [5.41, 5.74) is 4.53. The lowest BCUT2D eigenvalue weighted by molar-refractivity contribution is 0.0919. The van der Waals surface area contributed by atoms with Crippen LogP contribution in [0.25, 0.3) is 28.0 Å². The summed E-state index contributed by atoms with van der Waals surface area (Å²) in [4.78, 5) is 39.6. The number of nitrogens with zero attached hydrogens (tertiary/aromatic N) is 5. The number of carbonyl (C=O) groups is 1. The van der Waals surface area contributed by atoms with E-state index in [2.05, 4.69) is 20.3 Å². The van der Waals surface area contributed by atoms with E-state index in [1.165, 1.54) is 0 Å². The Morgan fingerprint density at radius 1 is 1.10 bits per heavy atom. The van der Waals surface area contributed by atoms with Gasteiger partial charge in [-0.25, -0.2) is 9.78 Å². The molecule has 1 aliphatic carbocycles. The third-order valence-electron chi connectivity index (χ3n) is 7.59. The summed E-state index contributed by atoms with van der Waals surface area (Å²) < 4.78 is 9.36. The van der Waals surface area contributed by atoms with Gasteiger partial charge in [-0.05, 0) is 56.7 Å². The summed E-state index contributed by atoms with van der Waals surface area (Å²) in [6, 6.07) is 11.4. The predicted octanol–water partition coefficient (Wildman–Crippen LogP) is 5.24. The zero-order valence-corrected chi connectivity index (χ0v) is 22.6. The Hall–Kier alpha value is -3.98. The fourth-order valence-corrected chi connectivity index (χ4v) is 5.67. The maximum absolute atomic E-state index is 13.8. The number of amides is 1. The molecule has 10 heteroatoms. The largest absolute Gasteiger partial charge is 0.439 e. The molecule has 0 saturated heterocycles. The smallest absolute Gasteiger partial charge is 0.333 e. The molecule has 200 valence electrons. The highest BCUT2D eigenvalue weighted by atomic mass is 35.5. The first-order valence-corrected chi connectivity index (χ1v) is 13.7. The van der Waals surface area contributed by atoms with Gasteiger partial charge in [-0.15, -0.1) is 0 Å². The monoisotopic (exact) mass is 544 g/mol. The van der Waals surface area contributed by atoms with Gasteiger partial charge >= 0.3 is 5.69 Å². The van der Waals surface area contributed by atoms with Gasteiger partial charge in [0.1, 0.15) is 0 Å². The van der Waals surface area contributed by atoms with Gasteiger partial charge in [-0.2, -0.15) is 4.98 Å². The van der Waals surface area contributed by atoms with Gasteiger partial charge in [0.25, 0.3) is 5.91 Å². The molecule has 6 rings (SSSR count). The molecule has 1 saturated carbocycles. The molecule has 9 nitrogen and oxygen atoms in total. The summed E-state index contributed by atoms with van der Waals surface area (Å²) in [6.07, 6.45) is 7.42. The maximum atomic E-state index is 13.8. The third-order valence-corrected chi connectivity index (χ3v) is 7.80. The molecular weight excluding hydrogens is 516 g/mol. The first-order valence-electron chi connectivity index (χ1n) is 13.3. The molecule has 1 aromatic carbocycles. The average Bonchev–Trinajstić information content (AvgIpc) is 3.48. The number of hydrogen-bond donors (Lipinski definition) is 1. The number of oxazole rings is 1. The zero-order valence-electron chi connectivity index (χ0n) is 21.9. The molecule has 4 aromatic heterocycles. The number of halogens is 1. The topological polar surface area (TPSA) is 108 Å². The van der Waals surface area contributed by atoms with Crippen molar-refractivity contribution < 1.29 is 9.21 Å². The van der Waals surface area contributed by atoms with E-state index in [4.69, 9.17) is 16.0 Å². The number of aryl methyl sites for hydroxylation is 2. The molecule has 1 amide bonds. The summed E-state index contributed by atoms with van der Waals surface area (Å²) in [5.74, 6) is 0.802. The molecule has 0 atom stereocenters. The molecule has 1 N–H and O–H groups in total. The number of benzene rings is 1. The number of para-hydroxylation sites is 2. The molecular formula is C29H29ClN6O3. The van der Waals surface area contributed by atoms with E-state index in [9.17, 15) is 9.59 Å². The van der Waals surface area contributed by atoms with Crippen LogP contribution in [0.4, 0.5) is 0 Å². The number of pyridine rings is 2. The summed E-state index contributed by atoms with van der Waals surface area (Å²) in [6.45, 7) is 4.39. The van der Waals surface area contributed by atoms with E-state index < -0.39 is 0 Å². The first-order chi connectivity index (χ1) is 18.9. The van der Waals surface area contributed by atoms with Crippen LogP contribution in [0.1, 0.15) is 54.5 Å². The molecule has 0 radical (unpaired) electrons. The van der Waals surface area contributed by atoms with Crippen molar-refractivity contribution in [2.24, 2.45) is 5.92 Å². The van der Waals surface area contributed by atoms with Gasteiger partial charge in [0.05, 0.1) is 39.2 Å². The van der Waals surface area contributed by atoms with Gasteiger partial charge in [-0.3, -0.25) is 18.9 Å². The SMILES string of the molecule is CCc1nc2ncc(-n3c(=O)n(CC4CCC(NC(=O)c5cc(Cl)cnc5C)CC4)c4ccccc43)cc2o1. The lowest BCUT2D eigenvalue weighted by atomic mass is 9.85. The van der Waals surface area contributed by atoms with E-state index in [1.807, 2.05) is 41.8 Å². The van der Waals surface area contributed by atoms with Gasteiger partial charge in [0, 0.05) is 31.3 Å². The lowest BCUT2D eigenvalue weighted by Crippen LogP contribution is -2.39. The molecule has 0 spiro atoms. The van der Waals surface area contributed by atoms with Crippen molar-refractivity contribution in [1.82, 2.24) is 29.4 Å². The molecule has 0 bridgehead atoms. The number of fused-ring (bicyclic) bond motifs is 2. The molecule has 5 aromatic rings. The third kappa shape index (κ3) is 4.83. The summed E-state index contributed by atoms with van der Waals surface area (Å²) >= 11 is 6.04. The van der Waals surface area contributed by atoms with Crippen molar-refractivity contribution in [2.45, 2.75) is 58.5 Å². The van der Waals surface area contributed by atoms with Crippen LogP contribution < -0.4 is 11.0 Å². The molecule has 1 aliphatic rings. The number of hydrogen-bond acceptors (Lipinski definition) is 6. The van der Waals surface area contributed by atoms with Crippen LogP contribution >= 0.6 is 11.6 Å². The fraction of sp³-hybridized carbons (Fsp3) is 0.345. The number of imidazole rings is 1. The Labute approximate surface area is 229 Å². The van der Waals surface area contributed by atoms with Gasteiger partial charge in [0.15, 0.2) is 17.1 Å². The minimum absolute atomic E-state index is 0.0814. The Morgan fingerprint density at radius 3 is 2.64 bits per heavy atom. The molecule has 0 aliphatic heterocycles. The lowest BCUT2D eigenvalue weighted by Gasteiger charge is -2.29. The van der Waals surface area contributed by atoms with Crippen LogP contribution in [0.3, 0.4) is 0 Å². The van der Waals surface area contributed by atoms with Crippen LogP contribution in [0.5, 0.6) is 0 Å². The van der Waals surface area contributed by atoms with Crippen molar-refractivity contribution in [3.8, 4) is 5.69 Å². The van der Waals surface area contributed by atoms with Crippen LogP contribution in [0.15, 0.2) is 58.0 Å². The van der Waals surface area contributed by atoms with Crippen molar-refractivity contribution in [2.75, 3.05) is 0 Å². The van der Waals surface area contributed by atoms with Crippen molar-refractivity contribution >= 4 is 39.8 Å². The average molecular weight is 545 g/mol.